The first-order valence-electron chi connectivity index (χ1n) is 8.27. The summed E-state index contributed by atoms with van der Waals surface area (Å²) in [6.45, 7) is 0.543. The maximum atomic E-state index is 12.1. The van der Waals surface area contributed by atoms with Crippen molar-refractivity contribution < 1.29 is 29.2 Å². The summed E-state index contributed by atoms with van der Waals surface area (Å²) in [5.74, 6) is 0.172. The van der Waals surface area contributed by atoms with E-state index in [1.807, 2.05) is 0 Å². The SMILES string of the molecule is COc1ccc(OC(=O)c2ccc(OCCCC[Si]C(O)O)cc2)cc1. The van der Waals surface area contributed by atoms with Crippen LogP contribution in [0.2, 0.25) is 6.04 Å². The van der Waals surface area contributed by atoms with E-state index >= 15 is 0 Å². The lowest BCUT2D eigenvalue weighted by Crippen LogP contribution is -2.14. The lowest BCUT2D eigenvalue weighted by molar-refractivity contribution is 0.0288. The Balaban J connectivity index is 1.76. The topological polar surface area (TPSA) is 85.2 Å². The van der Waals surface area contributed by atoms with Gasteiger partial charge >= 0.3 is 5.97 Å². The molecule has 138 valence electrons. The molecule has 0 amide bonds. The smallest absolute Gasteiger partial charge is 0.343 e. The quantitative estimate of drug-likeness (QED) is 0.218. The van der Waals surface area contributed by atoms with E-state index in [1.165, 1.54) is 0 Å². The standard InChI is InChI=1S/C19H22O6Si/c1-23-15-8-10-17(11-9-15)25-18(20)14-4-6-16(7-5-14)24-12-2-3-13-26-19(21)22/h4-11,19,21-22H,2-3,12-13H2,1H3. The van der Waals surface area contributed by atoms with Gasteiger partial charge < -0.3 is 24.4 Å². The molecule has 0 aromatic heterocycles. The van der Waals surface area contributed by atoms with Crippen molar-refractivity contribution in [3.63, 3.8) is 0 Å². The van der Waals surface area contributed by atoms with Crippen molar-refractivity contribution >= 4 is 15.5 Å². The first kappa shape index (κ1) is 20.0. The molecule has 0 aliphatic heterocycles. The van der Waals surface area contributed by atoms with Gasteiger partial charge in [-0.15, -0.1) is 0 Å². The summed E-state index contributed by atoms with van der Waals surface area (Å²) in [5.41, 5.74) is 0.436. The molecule has 2 N–H and O–H groups in total. The lowest BCUT2D eigenvalue weighted by Gasteiger charge is -2.08. The Morgan fingerprint density at radius 1 is 0.962 bits per heavy atom. The van der Waals surface area contributed by atoms with Crippen molar-refractivity contribution in [3.8, 4) is 17.2 Å². The Kier molecular flexibility index (Phi) is 8.14. The fraction of sp³-hybridized carbons (Fsp3) is 0.316. The molecule has 0 aliphatic carbocycles. The van der Waals surface area contributed by atoms with Gasteiger partial charge in [-0.1, -0.05) is 12.5 Å². The van der Waals surface area contributed by atoms with Crippen LogP contribution in [-0.2, 0) is 0 Å². The molecule has 2 radical (unpaired) electrons. The highest BCUT2D eigenvalue weighted by atomic mass is 28.2. The largest absolute Gasteiger partial charge is 0.497 e. The zero-order chi connectivity index (χ0) is 18.8. The third-order valence-corrected chi connectivity index (χ3v) is 4.53. The summed E-state index contributed by atoms with van der Waals surface area (Å²) in [5, 5.41) is 17.5. The number of esters is 1. The van der Waals surface area contributed by atoms with E-state index in [-0.39, 0.29) is 9.52 Å². The van der Waals surface area contributed by atoms with Crippen LogP contribution in [0.5, 0.6) is 17.2 Å². The molecule has 0 saturated carbocycles. The third-order valence-electron chi connectivity index (χ3n) is 3.53. The Morgan fingerprint density at radius 3 is 2.19 bits per heavy atom. The number of carbonyl (C=O) groups is 1. The highest BCUT2D eigenvalue weighted by Gasteiger charge is 2.09. The molecule has 6 nitrogen and oxygen atoms in total. The number of unbranched alkanes of at least 4 members (excludes halogenated alkanes) is 1. The van der Waals surface area contributed by atoms with Crippen LogP contribution in [-0.4, -0.2) is 45.3 Å². The van der Waals surface area contributed by atoms with Gasteiger partial charge in [-0.05, 0) is 55.0 Å². The fourth-order valence-corrected chi connectivity index (χ4v) is 2.86. The Morgan fingerprint density at radius 2 is 1.58 bits per heavy atom. The van der Waals surface area contributed by atoms with E-state index < -0.39 is 11.9 Å². The maximum Gasteiger partial charge on any atom is 0.343 e. The number of methoxy groups -OCH3 is 1. The van der Waals surface area contributed by atoms with Crippen LogP contribution in [0, 0.1) is 0 Å². The first-order chi connectivity index (χ1) is 12.6. The van der Waals surface area contributed by atoms with Crippen molar-refractivity contribution in [3.05, 3.63) is 54.1 Å². The Hall–Kier alpha value is -2.35. The average Bonchev–Trinajstić information content (AvgIpc) is 2.65. The number of carbonyl (C=O) groups excluding carboxylic acids is 1. The van der Waals surface area contributed by atoms with Crippen molar-refractivity contribution in [1.29, 1.82) is 0 Å². The molecule has 2 rings (SSSR count). The molecule has 2 aromatic rings. The summed E-state index contributed by atoms with van der Waals surface area (Å²) in [6.07, 6.45) is 1.71. The number of aliphatic hydroxyl groups is 2. The summed E-state index contributed by atoms with van der Waals surface area (Å²) in [7, 11) is 1.72. The molecular weight excluding hydrogens is 352 g/mol. The predicted octanol–water partition coefficient (Wildman–Crippen LogP) is 2.46. The number of hydrogen-bond acceptors (Lipinski definition) is 6. The fourth-order valence-electron chi connectivity index (χ4n) is 2.15. The molecule has 0 aliphatic rings. The minimum atomic E-state index is -1.21. The summed E-state index contributed by atoms with van der Waals surface area (Å²) >= 11 is 0. The summed E-state index contributed by atoms with van der Waals surface area (Å²) in [4.78, 5) is 12.1. The Labute approximate surface area is 155 Å². The molecule has 0 fully saturated rings. The van der Waals surface area contributed by atoms with Gasteiger partial charge in [-0.25, -0.2) is 4.79 Å². The highest BCUT2D eigenvalue weighted by molar-refractivity contribution is 6.36. The van der Waals surface area contributed by atoms with Crippen LogP contribution in [0.1, 0.15) is 23.2 Å². The molecule has 0 atom stereocenters. The monoisotopic (exact) mass is 374 g/mol. The zero-order valence-electron chi connectivity index (χ0n) is 14.6. The van der Waals surface area contributed by atoms with Gasteiger partial charge in [-0.3, -0.25) is 0 Å². The van der Waals surface area contributed by atoms with Gasteiger partial charge in [0, 0.05) is 0 Å². The van der Waals surface area contributed by atoms with Crippen LogP contribution >= 0.6 is 0 Å². The molecule has 0 unspecified atom stereocenters. The van der Waals surface area contributed by atoms with E-state index in [0.717, 1.165) is 18.9 Å². The molecule has 0 spiro atoms. The molecule has 2 aromatic carbocycles. The predicted molar refractivity (Wildman–Crippen MR) is 97.9 cm³/mol. The molecule has 0 heterocycles. The van der Waals surface area contributed by atoms with Crippen molar-refractivity contribution in [1.82, 2.24) is 0 Å². The number of benzene rings is 2. The van der Waals surface area contributed by atoms with Crippen LogP contribution in [0.15, 0.2) is 48.5 Å². The van der Waals surface area contributed by atoms with Crippen molar-refractivity contribution in [2.45, 2.75) is 24.8 Å². The van der Waals surface area contributed by atoms with Gasteiger partial charge in [0.2, 0.25) is 0 Å². The summed E-state index contributed by atoms with van der Waals surface area (Å²) < 4.78 is 16.0. The van der Waals surface area contributed by atoms with E-state index in [0.29, 0.717) is 29.4 Å². The van der Waals surface area contributed by atoms with E-state index in [4.69, 9.17) is 24.4 Å². The summed E-state index contributed by atoms with van der Waals surface area (Å²) in [6, 6.07) is 14.3. The number of rotatable bonds is 10. The number of ether oxygens (including phenoxy) is 3. The van der Waals surface area contributed by atoms with Crippen LogP contribution < -0.4 is 14.2 Å². The van der Waals surface area contributed by atoms with Gasteiger partial charge in [0.25, 0.3) is 0 Å². The molecule has 0 saturated heterocycles. The van der Waals surface area contributed by atoms with Gasteiger partial charge in [0.05, 0.1) is 19.3 Å². The number of hydrogen-bond donors (Lipinski definition) is 2. The highest BCUT2D eigenvalue weighted by Crippen LogP contribution is 2.19. The first-order valence-corrected chi connectivity index (χ1v) is 9.55. The normalized spacial score (nSPS) is 10.6. The maximum absolute atomic E-state index is 12.1. The second-order valence-corrected chi connectivity index (χ2v) is 6.90. The molecule has 7 heteroatoms. The van der Waals surface area contributed by atoms with E-state index in [1.54, 1.807) is 55.6 Å². The van der Waals surface area contributed by atoms with Crippen LogP contribution in [0.4, 0.5) is 0 Å². The van der Waals surface area contributed by atoms with Crippen LogP contribution in [0.25, 0.3) is 0 Å². The van der Waals surface area contributed by atoms with E-state index in [2.05, 4.69) is 0 Å². The van der Waals surface area contributed by atoms with Crippen molar-refractivity contribution in [2.24, 2.45) is 0 Å². The second kappa shape index (κ2) is 10.6. The minimum absolute atomic E-state index is 0.146. The second-order valence-electron chi connectivity index (χ2n) is 5.47. The van der Waals surface area contributed by atoms with Crippen molar-refractivity contribution in [2.75, 3.05) is 13.7 Å². The van der Waals surface area contributed by atoms with Crippen LogP contribution in [0.3, 0.4) is 0 Å². The average molecular weight is 374 g/mol. The van der Waals surface area contributed by atoms with Gasteiger partial charge in [-0.2, -0.15) is 0 Å². The molecular formula is C19H22O6Si. The van der Waals surface area contributed by atoms with E-state index in [9.17, 15) is 4.79 Å². The number of aliphatic hydroxyl groups excluding tert-OH is 1. The van der Waals surface area contributed by atoms with Gasteiger partial charge in [0.1, 0.15) is 32.7 Å². The molecule has 26 heavy (non-hydrogen) atoms. The van der Waals surface area contributed by atoms with Gasteiger partial charge in [0.15, 0.2) is 0 Å². The Bertz CT molecular complexity index is 669. The third kappa shape index (κ3) is 6.87. The molecule has 0 bridgehead atoms. The zero-order valence-corrected chi connectivity index (χ0v) is 15.6. The minimum Gasteiger partial charge on any atom is -0.497 e. The lowest BCUT2D eigenvalue weighted by atomic mass is 10.2.